The lowest BCUT2D eigenvalue weighted by molar-refractivity contribution is -0.274. The van der Waals surface area contributed by atoms with E-state index in [9.17, 15) is 18.3 Å². The number of halogens is 3. The lowest BCUT2D eigenvalue weighted by Crippen LogP contribution is -2.17. The minimum atomic E-state index is -4.74. The van der Waals surface area contributed by atoms with Crippen LogP contribution in [0.3, 0.4) is 0 Å². The highest BCUT2D eigenvalue weighted by Crippen LogP contribution is 2.28. The summed E-state index contributed by atoms with van der Waals surface area (Å²) in [4.78, 5) is 0. The van der Waals surface area contributed by atoms with Crippen LogP contribution >= 0.6 is 0 Å². The number of benzene rings is 2. The topological polar surface area (TPSA) is 60.2 Å². The molecular weight excluding hydrogens is 335 g/mol. The largest absolute Gasteiger partial charge is 0.573 e. The van der Waals surface area contributed by atoms with Crippen molar-refractivity contribution in [2.45, 2.75) is 19.9 Å². The number of aliphatic hydroxyl groups excluding tert-OH is 1. The number of nitrogens with zero attached hydrogens (tertiary/aromatic N) is 3. The van der Waals surface area contributed by atoms with Crippen molar-refractivity contribution in [3.05, 3.63) is 59.8 Å². The van der Waals surface area contributed by atoms with E-state index in [0.29, 0.717) is 17.1 Å². The summed E-state index contributed by atoms with van der Waals surface area (Å²) in [5.41, 5.74) is 3.31. The Hall–Kier alpha value is -2.87. The Morgan fingerprint density at radius 2 is 1.68 bits per heavy atom. The zero-order chi connectivity index (χ0) is 18.0. The van der Waals surface area contributed by atoms with Crippen LogP contribution in [0.15, 0.2) is 48.5 Å². The molecule has 0 amide bonds. The van der Waals surface area contributed by atoms with E-state index >= 15 is 0 Å². The van der Waals surface area contributed by atoms with Gasteiger partial charge in [-0.3, -0.25) is 0 Å². The fourth-order valence-electron chi connectivity index (χ4n) is 2.39. The molecule has 2 aromatic carbocycles. The molecule has 3 rings (SSSR count). The van der Waals surface area contributed by atoms with E-state index in [2.05, 4.69) is 15.0 Å². The van der Waals surface area contributed by atoms with Gasteiger partial charge in [-0.15, -0.1) is 18.3 Å². The number of rotatable bonds is 4. The predicted molar refractivity (Wildman–Crippen MR) is 84.1 cm³/mol. The standard InChI is InChI=1S/C17H14F3N3O2/c1-11-2-4-12(5-3-11)16-15(10-24)21-22-23(16)13-6-8-14(9-7-13)25-17(18,19)20/h2-9,24H,10H2,1H3. The Morgan fingerprint density at radius 1 is 1.04 bits per heavy atom. The molecule has 1 N–H and O–H groups in total. The van der Waals surface area contributed by atoms with Gasteiger partial charge in [0.1, 0.15) is 17.1 Å². The fourth-order valence-corrected chi connectivity index (χ4v) is 2.39. The van der Waals surface area contributed by atoms with Gasteiger partial charge in [-0.05, 0) is 31.2 Å². The summed E-state index contributed by atoms with van der Waals surface area (Å²) in [5.74, 6) is -0.323. The van der Waals surface area contributed by atoms with Gasteiger partial charge in [0.15, 0.2) is 0 Å². The average Bonchev–Trinajstić information content (AvgIpc) is 2.99. The average molecular weight is 349 g/mol. The van der Waals surface area contributed by atoms with Crippen molar-refractivity contribution >= 4 is 0 Å². The van der Waals surface area contributed by atoms with Crippen LogP contribution in [0.25, 0.3) is 16.9 Å². The maximum Gasteiger partial charge on any atom is 0.573 e. The third-order valence-electron chi connectivity index (χ3n) is 3.53. The van der Waals surface area contributed by atoms with E-state index in [1.165, 1.54) is 28.9 Å². The summed E-state index contributed by atoms with van der Waals surface area (Å²) in [6.07, 6.45) is -4.74. The molecule has 0 saturated heterocycles. The first-order valence-electron chi connectivity index (χ1n) is 7.36. The van der Waals surface area contributed by atoms with Crippen LogP contribution < -0.4 is 4.74 Å². The molecule has 5 nitrogen and oxygen atoms in total. The molecule has 0 fully saturated rings. The first kappa shape index (κ1) is 17.0. The minimum absolute atomic E-state index is 0.307. The summed E-state index contributed by atoms with van der Waals surface area (Å²) >= 11 is 0. The van der Waals surface area contributed by atoms with Crippen molar-refractivity contribution in [3.8, 4) is 22.7 Å². The van der Waals surface area contributed by atoms with E-state index < -0.39 is 6.36 Å². The molecule has 1 heterocycles. The third-order valence-corrected chi connectivity index (χ3v) is 3.53. The summed E-state index contributed by atoms with van der Waals surface area (Å²) in [6.45, 7) is 1.64. The van der Waals surface area contributed by atoms with Crippen LogP contribution in [0.4, 0.5) is 13.2 Å². The van der Waals surface area contributed by atoms with Crippen molar-refractivity contribution in [1.29, 1.82) is 0 Å². The monoisotopic (exact) mass is 349 g/mol. The summed E-state index contributed by atoms with van der Waals surface area (Å²) in [5, 5.41) is 17.5. The van der Waals surface area contributed by atoms with Crippen LogP contribution in [0.1, 0.15) is 11.3 Å². The Labute approximate surface area is 141 Å². The van der Waals surface area contributed by atoms with Crippen molar-refractivity contribution in [2.24, 2.45) is 0 Å². The Bertz CT molecular complexity index is 856. The van der Waals surface area contributed by atoms with Gasteiger partial charge in [0.2, 0.25) is 0 Å². The number of aliphatic hydroxyl groups is 1. The van der Waals surface area contributed by atoms with E-state index in [1.54, 1.807) is 0 Å². The van der Waals surface area contributed by atoms with Crippen LogP contribution in [0.5, 0.6) is 5.75 Å². The Morgan fingerprint density at radius 3 is 2.24 bits per heavy atom. The number of ether oxygens (including phenoxy) is 1. The molecule has 0 atom stereocenters. The van der Waals surface area contributed by atoms with Crippen molar-refractivity contribution in [3.63, 3.8) is 0 Å². The molecule has 130 valence electrons. The van der Waals surface area contributed by atoms with E-state index in [4.69, 9.17) is 0 Å². The third kappa shape index (κ3) is 3.80. The van der Waals surface area contributed by atoms with Crippen molar-refractivity contribution in [2.75, 3.05) is 0 Å². The summed E-state index contributed by atoms with van der Waals surface area (Å²) in [6, 6.07) is 12.8. The lowest BCUT2D eigenvalue weighted by atomic mass is 10.1. The second-order valence-corrected chi connectivity index (χ2v) is 5.36. The van der Waals surface area contributed by atoms with E-state index in [1.807, 2.05) is 31.2 Å². The maximum atomic E-state index is 12.3. The first-order chi connectivity index (χ1) is 11.9. The molecule has 8 heteroatoms. The highest BCUT2D eigenvalue weighted by atomic mass is 19.4. The summed E-state index contributed by atoms with van der Waals surface area (Å²) in [7, 11) is 0. The van der Waals surface area contributed by atoms with Gasteiger partial charge in [-0.25, -0.2) is 4.68 Å². The lowest BCUT2D eigenvalue weighted by Gasteiger charge is -2.11. The SMILES string of the molecule is Cc1ccc(-c2c(CO)nnn2-c2ccc(OC(F)(F)F)cc2)cc1. The Kier molecular flexibility index (Phi) is 4.45. The van der Waals surface area contributed by atoms with Gasteiger partial charge in [0.05, 0.1) is 12.3 Å². The van der Waals surface area contributed by atoms with E-state index in [-0.39, 0.29) is 12.4 Å². The minimum Gasteiger partial charge on any atom is -0.406 e. The fraction of sp³-hybridized carbons (Fsp3) is 0.176. The van der Waals surface area contributed by atoms with Crippen LogP contribution in [0.2, 0.25) is 0 Å². The molecule has 3 aromatic rings. The maximum absolute atomic E-state index is 12.3. The second-order valence-electron chi connectivity index (χ2n) is 5.36. The molecule has 0 aliphatic rings. The quantitative estimate of drug-likeness (QED) is 0.781. The van der Waals surface area contributed by atoms with Crippen molar-refractivity contribution in [1.82, 2.24) is 15.0 Å². The number of hydrogen-bond acceptors (Lipinski definition) is 4. The highest BCUT2D eigenvalue weighted by molar-refractivity contribution is 5.64. The van der Waals surface area contributed by atoms with Gasteiger partial charge in [-0.2, -0.15) is 0 Å². The molecule has 0 aliphatic carbocycles. The van der Waals surface area contributed by atoms with Crippen LogP contribution in [0, 0.1) is 6.92 Å². The smallest absolute Gasteiger partial charge is 0.406 e. The summed E-state index contributed by atoms with van der Waals surface area (Å²) < 4.78 is 42.1. The van der Waals surface area contributed by atoms with Crippen LogP contribution in [-0.2, 0) is 6.61 Å². The number of aromatic nitrogens is 3. The zero-order valence-corrected chi connectivity index (χ0v) is 13.2. The van der Waals surface area contributed by atoms with Crippen LogP contribution in [-0.4, -0.2) is 26.5 Å². The molecule has 25 heavy (non-hydrogen) atoms. The number of aryl methyl sites for hydroxylation is 1. The van der Waals surface area contributed by atoms with Gasteiger partial charge < -0.3 is 9.84 Å². The van der Waals surface area contributed by atoms with Crippen molar-refractivity contribution < 1.29 is 23.0 Å². The highest BCUT2D eigenvalue weighted by Gasteiger charge is 2.31. The molecule has 0 bridgehead atoms. The molecule has 0 radical (unpaired) electrons. The molecular formula is C17H14F3N3O2. The van der Waals surface area contributed by atoms with Gasteiger partial charge in [0.25, 0.3) is 0 Å². The zero-order valence-electron chi connectivity index (χ0n) is 13.2. The van der Waals surface area contributed by atoms with Gasteiger partial charge >= 0.3 is 6.36 Å². The predicted octanol–water partition coefficient (Wildman–Crippen LogP) is 3.63. The second kappa shape index (κ2) is 6.56. The number of hydrogen-bond donors (Lipinski definition) is 1. The molecule has 0 spiro atoms. The molecule has 0 unspecified atom stereocenters. The van der Waals surface area contributed by atoms with E-state index in [0.717, 1.165) is 11.1 Å². The number of alkyl halides is 3. The first-order valence-corrected chi connectivity index (χ1v) is 7.36. The van der Waals surface area contributed by atoms with Gasteiger partial charge in [-0.1, -0.05) is 35.0 Å². The molecule has 1 aromatic heterocycles. The normalized spacial score (nSPS) is 11.6. The molecule has 0 saturated carbocycles. The molecule has 0 aliphatic heterocycles. The van der Waals surface area contributed by atoms with Gasteiger partial charge in [0, 0.05) is 5.56 Å². The Balaban J connectivity index is 2.00.